The van der Waals surface area contributed by atoms with Crippen LogP contribution in [0.1, 0.15) is 5.82 Å². The van der Waals surface area contributed by atoms with Gasteiger partial charge in [-0.3, -0.25) is 4.98 Å². The average Bonchev–Trinajstić information content (AvgIpc) is 2.99. The second-order valence-electron chi connectivity index (χ2n) is 4.48. The molecule has 0 unspecified atom stereocenters. The van der Waals surface area contributed by atoms with Crippen LogP contribution in [0, 0.1) is 0 Å². The fourth-order valence-corrected chi connectivity index (χ4v) is 1.99. The van der Waals surface area contributed by atoms with Crippen molar-refractivity contribution in [3.8, 4) is 17.0 Å². The molecule has 0 bridgehead atoms. The molecule has 3 rings (SSSR count). The zero-order valence-electron chi connectivity index (χ0n) is 11.8. The van der Waals surface area contributed by atoms with Crippen molar-refractivity contribution in [1.82, 2.24) is 25.4 Å². The van der Waals surface area contributed by atoms with Crippen LogP contribution in [0.25, 0.3) is 11.3 Å². The van der Waals surface area contributed by atoms with Crippen LogP contribution in [0.2, 0.25) is 0 Å². The van der Waals surface area contributed by atoms with Crippen molar-refractivity contribution in [1.29, 1.82) is 0 Å². The number of para-hydroxylation sites is 1. The molecule has 3 aromatic rings. The maximum atomic E-state index is 10.9. The summed E-state index contributed by atoms with van der Waals surface area (Å²) in [6.07, 6.45) is 0. The number of rotatable bonds is 5. The van der Waals surface area contributed by atoms with Crippen molar-refractivity contribution < 1.29 is 4.74 Å². The molecule has 0 amide bonds. The van der Waals surface area contributed by atoms with Crippen LogP contribution in [0.4, 0.5) is 5.82 Å². The first-order valence-corrected chi connectivity index (χ1v) is 6.61. The highest BCUT2D eigenvalue weighted by atomic mass is 16.5. The first kappa shape index (κ1) is 13.8. The number of anilines is 1. The normalized spacial score (nSPS) is 10.4. The zero-order chi connectivity index (χ0) is 15.4. The van der Waals surface area contributed by atoms with Crippen LogP contribution in [0.3, 0.4) is 0 Å². The molecule has 1 aromatic carbocycles. The van der Waals surface area contributed by atoms with E-state index in [-0.39, 0.29) is 5.69 Å². The number of aromatic nitrogens is 5. The lowest BCUT2D eigenvalue weighted by molar-refractivity contribution is 0.416. The molecule has 0 atom stereocenters. The minimum atomic E-state index is -0.339. The largest absolute Gasteiger partial charge is 0.496 e. The fourth-order valence-electron chi connectivity index (χ4n) is 1.99. The molecule has 22 heavy (non-hydrogen) atoms. The molecule has 2 aromatic heterocycles. The molecule has 0 spiro atoms. The summed E-state index contributed by atoms with van der Waals surface area (Å²) in [5.74, 6) is 1.83. The number of H-pyrrole nitrogens is 2. The number of methoxy groups -OCH3 is 1. The van der Waals surface area contributed by atoms with Gasteiger partial charge in [-0.25, -0.2) is 9.89 Å². The number of benzene rings is 1. The number of ether oxygens (including phenoxy) is 1. The maximum Gasteiger partial charge on any atom is 0.340 e. The molecule has 8 heteroatoms. The molecule has 0 aliphatic heterocycles. The number of hydrogen-bond donors (Lipinski definition) is 3. The number of aromatic amines is 2. The molecule has 8 nitrogen and oxygen atoms in total. The van der Waals surface area contributed by atoms with E-state index >= 15 is 0 Å². The summed E-state index contributed by atoms with van der Waals surface area (Å²) in [5, 5.41) is 17.4. The summed E-state index contributed by atoms with van der Waals surface area (Å²) in [4.78, 5) is 13.5. The van der Waals surface area contributed by atoms with Gasteiger partial charge in [0, 0.05) is 5.56 Å². The van der Waals surface area contributed by atoms with Gasteiger partial charge in [0.1, 0.15) is 17.4 Å². The summed E-state index contributed by atoms with van der Waals surface area (Å²) < 4.78 is 5.31. The molecule has 0 aliphatic rings. The molecule has 0 aliphatic carbocycles. The van der Waals surface area contributed by atoms with E-state index in [1.807, 2.05) is 30.3 Å². The third-order valence-corrected chi connectivity index (χ3v) is 3.03. The van der Waals surface area contributed by atoms with Gasteiger partial charge in [-0.1, -0.05) is 12.1 Å². The average molecular weight is 298 g/mol. The Bertz CT molecular complexity index is 808. The third kappa shape index (κ3) is 2.95. The number of hydrogen-bond acceptors (Lipinski definition) is 6. The van der Waals surface area contributed by atoms with Crippen molar-refractivity contribution in [2.24, 2.45) is 0 Å². The monoisotopic (exact) mass is 298 g/mol. The smallest absolute Gasteiger partial charge is 0.340 e. The van der Waals surface area contributed by atoms with E-state index in [1.165, 1.54) is 0 Å². The Kier molecular flexibility index (Phi) is 3.82. The molecule has 2 heterocycles. The van der Waals surface area contributed by atoms with Crippen LogP contribution in [-0.2, 0) is 6.54 Å². The van der Waals surface area contributed by atoms with Gasteiger partial charge in [0.05, 0.1) is 19.3 Å². The summed E-state index contributed by atoms with van der Waals surface area (Å²) >= 11 is 0. The van der Waals surface area contributed by atoms with Gasteiger partial charge in [0.25, 0.3) is 0 Å². The molecule has 3 N–H and O–H groups in total. The SMILES string of the molecule is COc1ccccc1-c1ccc(NCc2n[nH]c(=O)[nH]2)nn1. The van der Waals surface area contributed by atoms with Crippen LogP contribution in [0.15, 0.2) is 41.2 Å². The lowest BCUT2D eigenvalue weighted by atomic mass is 10.1. The van der Waals surface area contributed by atoms with Gasteiger partial charge in [-0.15, -0.1) is 10.2 Å². The van der Waals surface area contributed by atoms with Crippen molar-refractivity contribution in [2.45, 2.75) is 6.54 Å². The number of nitrogens with one attached hydrogen (secondary N) is 3. The van der Waals surface area contributed by atoms with Crippen molar-refractivity contribution >= 4 is 5.82 Å². The summed E-state index contributed by atoms with van der Waals surface area (Å²) in [7, 11) is 1.62. The lowest BCUT2D eigenvalue weighted by Gasteiger charge is -2.07. The van der Waals surface area contributed by atoms with Crippen molar-refractivity contribution in [3.05, 3.63) is 52.7 Å². The molecule has 0 fully saturated rings. The number of nitrogens with zero attached hydrogens (tertiary/aromatic N) is 3. The molecule has 0 saturated carbocycles. The Balaban J connectivity index is 1.73. The molecular formula is C14H14N6O2. The van der Waals surface area contributed by atoms with E-state index in [2.05, 4.69) is 30.7 Å². The van der Waals surface area contributed by atoms with Gasteiger partial charge in [-0.05, 0) is 24.3 Å². The Morgan fingerprint density at radius 1 is 1.18 bits per heavy atom. The molecular weight excluding hydrogens is 284 g/mol. The summed E-state index contributed by atoms with van der Waals surface area (Å²) in [6, 6.07) is 11.3. The molecule has 0 saturated heterocycles. The van der Waals surface area contributed by atoms with Gasteiger partial charge < -0.3 is 10.1 Å². The van der Waals surface area contributed by atoms with Crippen molar-refractivity contribution in [3.63, 3.8) is 0 Å². The van der Waals surface area contributed by atoms with Crippen LogP contribution in [-0.4, -0.2) is 32.5 Å². The van der Waals surface area contributed by atoms with Crippen LogP contribution in [0.5, 0.6) is 5.75 Å². The highest BCUT2D eigenvalue weighted by Crippen LogP contribution is 2.27. The predicted molar refractivity (Wildman–Crippen MR) is 80.6 cm³/mol. The summed E-state index contributed by atoms with van der Waals surface area (Å²) in [6.45, 7) is 0.349. The third-order valence-electron chi connectivity index (χ3n) is 3.03. The Morgan fingerprint density at radius 3 is 2.73 bits per heavy atom. The van der Waals surface area contributed by atoms with Gasteiger partial charge >= 0.3 is 5.69 Å². The quantitative estimate of drug-likeness (QED) is 0.652. The Labute approximate surface area is 125 Å². The first-order chi connectivity index (χ1) is 10.8. The standard InChI is InChI=1S/C14H14N6O2/c1-22-11-5-3-2-4-9(11)10-6-7-12(18-17-10)15-8-13-16-14(21)20-19-13/h2-7H,8H2,1H3,(H,15,18)(H2,16,19,20,21). The molecule has 112 valence electrons. The fraction of sp³-hybridized carbons (Fsp3) is 0.143. The summed E-state index contributed by atoms with van der Waals surface area (Å²) in [5.41, 5.74) is 1.26. The highest BCUT2D eigenvalue weighted by molar-refractivity contribution is 5.67. The Hall–Kier alpha value is -3.16. The zero-order valence-corrected chi connectivity index (χ0v) is 11.8. The second kappa shape index (κ2) is 6.08. The second-order valence-corrected chi connectivity index (χ2v) is 4.48. The van der Waals surface area contributed by atoms with E-state index in [0.717, 1.165) is 17.0 Å². The maximum absolute atomic E-state index is 10.9. The van der Waals surface area contributed by atoms with E-state index in [0.29, 0.717) is 18.2 Å². The van der Waals surface area contributed by atoms with E-state index in [9.17, 15) is 4.79 Å². The first-order valence-electron chi connectivity index (χ1n) is 6.61. The predicted octanol–water partition coefficient (Wildman–Crippen LogP) is 1.18. The van der Waals surface area contributed by atoms with Crippen LogP contribution < -0.4 is 15.7 Å². The van der Waals surface area contributed by atoms with E-state index in [1.54, 1.807) is 13.2 Å². The highest BCUT2D eigenvalue weighted by Gasteiger charge is 2.07. The van der Waals surface area contributed by atoms with E-state index in [4.69, 9.17) is 4.74 Å². The van der Waals surface area contributed by atoms with Gasteiger partial charge in [-0.2, -0.15) is 5.10 Å². The topological polar surface area (TPSA) is 109 Å². The van der Waals surface area contributed by atoms with E-state index < -0.39 is 0 Å². The lowest BCUT2D eigenvalue weighted by Crippen LogP contribution is -2.06. The minimum Gasteiger partial charge on any atom is -0.496 e. The van der Waals surface area contributed by atoms with Gasteiger partial charge in [0.15, 0.2) is 0 Å². The van der Waals surface area contributed by atoms with Crippen molar-refractivity contribution in [2.75, 3.05) is 12.4 Å². The Morgan fingerprint density at radius 2 is 2.05 bits per heavy atom. The van der Waals surface area contributed by atoms with Gasteiger partial charge in [0.2, 0.25) is 0 Å². The minimum absolute atomic E-state index is 0.339. The molecule has 0 radical (unpaired) electrons. The van der Waals surface area contributed by atoms with Crippen LogP contribution >= 0.6 is 0 Å².